The van der Waals surface area contributed by atoms with Crippen molar-refractivity contribution in [3.05, 3.63) is 95.8 Å². The van der Waals surface area contributed by atoms with E-state index in [2.05, 4.69) is 10.0 Å². The fraction of sp³-hybridized carbons (Fsp3) is 0.296. The monoisotopic (exact) mass is 559 g/mol. The number of nitrogens with zero attached hydrogens (tertiary/aromatic N) is 1. The van der Waals surface area contributed by atoms with Gasteiger partial charge in [-0.2, -0.15) is 9.03 Å². The fourth-order valence-electron chi connectivity index (χ4n) is 4.25. The number of hydrogen-bond donors (Lipinski definition) is 2. The predicted octanol–water partition coefficient (Wildman–Crippen LogP) is 3.21. The Morgan fingerprint density at radius 2 is 1.39 bits per heavy atom. The van der Waals surface area contributed by atoms with Crippen LogP contribution in [0, 0.1) is 5.82 Å². The standard InChI is InChI=1S/C27H30FN3O5S2/c28-23-11-15-24(16-12-23)37(33,34)30-26(19-21-7-3-1-4-8-21)27(32)29-20-22-9-13-25(14-10-22)38(35,36)31-17-5-2-6-18-31/h1,3-4,7-16,26,30H,2,5-6,17-20H2,(H,29,32)/t26-/m0/s1. The Hall–Kier alpha value is -3.12. The Kier molecular flexibility index (Phi) is 8.93. The van der Waals surface area contributed by atoms with E-state index in [4.69, 9.17) is 0 Å². The zero-order valence-electron chi connectivity index (χ0n) is 20.7. The summed E-state index contributed by atoms with van der Waals surface area (Å²) in [5.74, 6) is -1.12. The molecule has 11 heteroatoms. The minimum atomic E-state index is -4.11. The van der Waals surface area contributed by atoms with Crippen molar-refractivity contribution < 1.29 is 26.0 Å². The van der Waals surface area contributed by atoms with Gasteiger partial charge in [0.15, 0.2) is 0 Å². The Morgan fingerprint density at radius 3 is 2.03 bits per heavy atom. The van der Waals surface area contributed by atoms with Crippen molar-refractivity contribution in [1.29, 1.82) is 0 Å². The lowest BCUT2D eigenvalue weighted by Crippen LogP contribution is -2.47. The molecule has 1 saturated heterocycles. The number of rotatable bonds is 10. The van der Waals surface area contributed by atoms with Crippen LogP contribution in [-0.2, 0) is 37.8 Å². The van der Waals surface area contributed by atoms with Gasteiger partial charge in [0.1, 0.15) is 11.9 Å². The maximum Gasteiger partial charge on any atom is 0.243 e. The first-order valence-corrected chi connectivity index (χ1v) is 15.3. The molecule has 1 aliphatic rings. The number of benzene rings is 3. The molecule has 1 fully saturated rings. The molecule has 0 aliphatic carbocycles. The second-order valence-electron chi connectivity index (χ2n) is 9.14. The summed E-state index contributed by atoms with van der Waals surface area (Å²) in [6, 6.07) is 18.5. The first-order chi connectivity index (χ1) is 18.1. The zero-order chi connectivity index (χ0) is 27.2. The summed E-state index contributed by atoms with van der Waals surface area (Å²) < 4.78 is 68.8. The average molecular weight is 560 g/mol. The van der Waals surface area contributed by atoms with Crippen LogP contribution in [0.25, 0.3) is 0 Å². The highest BCUT2D eigenvalue weighted by atomic mass is 32.2. The van der Waals surface area contributed by atoms with Crippen molar-refractivity contribution in [3.63, 3.8) is 0 Å². The van der Waals surface area contributed by atoms with Gasteiger partial charge in [-0.3, -0.25) is 4.79 Å². The highest BCUT2D eigenvalue weighted by Crippen LogP contribution is 2.21. The quantitative estimate of drug-likeness (QED) is 0.396. The normalized spacial score (nSPS) is 15.6. The molecule has 8 nitrogen and oxygen atoms in total. The molecule has 0 spiro atoms. The van der Waals surface area contributed by atoms with E-state index in [9.17, 15) is 26.0 Å². The summed E-state index contributed by atoms with van der Waals surface area (Å²) in [7, 11) is -7.67. The van der Waals surface area contributed by atoms with E-state index in [1.165, 1.54) is 16.4 Å². The van der Waals surface area contributed by atoms with Gasteiger partial charge in [-0.05, 0) is 66.8 Å². The molecular formula is C27H30FN3O5S2. The van der Waals surface area contributed by atoms with Gasteiger partial charge < -0.3 is 5.32 Å². The van der Waals surface area contributed by atoms with E-state index in [0.29, 0.717) is 18.7 Å². The Bertz CT molecular complexity index is 1440. The molecule has 0 unspecified atom stereocenters. The smallest absolute Gasteiger partial charge is 0.243 e. The fourth-order valence-corrected chi connectivity index (χ4v) is 6.97. The van der Waals surface area contributed by atoms with Crippen LogP contribution in [0.2, 0.25) is 0 Å². The van der Waals surface area contributed by atoms with Crippen LogP contribution in [0.5, 0.6) is 0 Å². The van der Waals surface area contributed by atoms with E-state index < -0.39 is 37.8 Å². The lowest BCUT2D eigenvalue weighted by Gasteiger charge is -2.25. The number of amides is 1. The average Bonchev–Trinajstić information content (AvgIpc) is 2.93. The number of carbonyl (C=O) groups is 1. The lowest BCUT2D eigenvalue weighted by atomic mass is 10.1. The van der Waals surface area contributed by atoms with Gasteiger partial charge in [-0.25, -0.2) is 21.2 Å². The molecule has 3 aromatic rings. The first-order valence-electron chi connectivity index (χ1n) is 12.3. The number of hydrogen-bond acceptors (Lipinski definition) is 5. The lowest BCUT2D eigenvalue weighted by molar-refractivity contribution is -0.122. The Morgan fingerprint density at radius 1 is 0.789 bits per heavy atom. The first kappa shape index (κ1) is 27.9. The topological polar surface area (TPSA) is 113 Å². The molecule has 0 bridgehead atoms. The second-order valence-corrected chi connectivity index (χ2v) is 12.8. The van der Waals surface area contributed by atoms with Crippen molar-refractivity contribution in [2.45, 2.75) is 48.1 Å². The molecule has 3 aromatic carbocycles. The van der Waals surface area contributed by atoms with E-state index in [-0.39, 0.29) is 22.8 Å². The van der Waals surface area contributed by atoms with Crippen molar-refractivity contribution in [2.24, 2.45) is 0 Å². The van der Waals surface area contributed by atoms with Crippen molar-refractivity contribution in [2.75, 3.05) is 13.1 Å². The predicted molar refractivity (Wildman–Crippen MR) is 142 cm³/mol. The summed E-state index contributed by atoms with van der Waals surface area (Å²) >= 11 is 0. The summed E-state index contributed by atoms with van der Waals surface area (Å²) in [6.45, 7) is 1.10. The summed E-state index contributed by atoms with van der Waals surface area (Å²) in [5, 5.41) is 2.74. The van der Waals surface area contributed by atoms with E-state index in [0.717, 1.165) is 49.1 Å². The number of sulfonamides is 2. The zero-order valence-corrected chi connectivity index (χ0v) is 22.3. The van der Waals surface area contributed by atoms with Crippen LogP contribution in [0.3, 0.4) is 0 Å². The van der Waals surface area contributed by atoms with E-state index in [1.54, 1.807) is 36.4 Å². The van der Waals surface area contributed by atoms with Gasteiger partial charge in [0.05, 0.1) is 9.79 Å². The van der Waals surface area contributed by atoms with Gasteiger partial charge in [-0.1, -0.05) is 48.9 Å². The third-order valence-corrected chi connectivity index (χ3v) is 9.76. The molecule has 38 heavy (non-hydrogen) atoms. The molecular weight excluding hydrogens is 529 g/mol. The van der Waals surface area contributed by atoms with Crippen LogP contribution < -0.4 is 10.0 Å². The van der Waals surface area contributed by atoms with Gasteiger partial charge in [0.25, 0.3) is 0 Å². The summed E-state index contributed by atoms with van der Waals surface area (Å²) in [5.41, 5.74) is 1.41. The van der Waals surface area contributed by atoms with E-state index >= 15 is 0 Å². The van der Waals surface area contributed by atoms with E-state index in [1.807, 2.05) is 6.07 Å². The Balaban J connectivity index is 1.45. The molecule has 4 rings (SSSR count). The van der Waals surface area contributed by atoms with Crippen LogP contribution in [0.4, 0.5) is 4.39 Å². The van der Waals surface area contributed by atoms with Crippen molar-refractivity contribution in [3.8, 4) is 0 Å². The van der Waals surface area contributed by atoms with Crippen LogP contribution in [0.15, 0.2) is 88.7 Å². The van der Waals surface area contributed by atoms with Crippen LogP contribution >= 0.6 is 0 Å². The largest absolute Gasteiger partial charge is 0.351 e. The molecule has 1 heterocycles. The maximum atomic E-state index is 13.3. The maximum absolute atomic E-state index is 13.3. The van der Waals surface area contributed by atoms with Gasteiger partial charge in [0.2, 0.25) is 26.0 Å². The molecule has 202 valence electrons. The Labute approximate surface area is 223 Å². The molecule has 0 radical (unpaired) electrons. The van der Waals surface area contributed by atoms with Gasteiger partial charge in [-0.15, -0.1) is 0 Å². The van der Waals surface area contributed by atoms with Gasteiger partial charge in [0, 0.05) is 19.6 Å². The van der Waals surface area contributed by atoms with Crippen molar-refractivity contribution >= 4 is 26.0 Å². The number of nitrogens with one attached hydrogen (secondary N) is 2. The highest BCUT2D eigenvalue weighted by molar-refractivity contribution is 7.89. The summed E-state index contributed by atoms with van der Waals surface area (Å²) in [4.78, 5) is 13.2. The van der Waals surface area contributed by atoms with Crippen LogP contribution in [0.1, 0.15) is 30.4 Å². The second kappa shape index (κ2) is 12.2. The van der Waals surface area contributed by atoms with Gasteiger partial charge >= 0.3 is 0 Å². The number of halogens is 1. The third kappa shape index (κ3) is 7.04. The minimum Gasteiger partial charge on any atom is -0.351 e. The molecule has 1 atom stereocenters. The number of piperidine rings is 1. The molecule has 1 amide bonds. The van der Waals surface area contributed by atoms with Crippen LogP contribution in [-0.4, -0.2) is 46.2 Å². The minimum absolute atomic E-state index is 0.0758. The third-order valence-electron chi connectivity index (χ3n) is 6.36. The van der Waals surface area contributed by atoms with Crippen molar-refractivity contribution in [1.82, 2.24) is 14.3 Å². The number of carbonyl (C=O) groups excluding carboxylic acids is 1. The molecule has 0 saturated carbocycles. The highest BCUT2D eigenvalue weighted by Gasteiger charge is 2.27. The molecule has 2 N–H and O–H groups in total. The summed E-state index contributed by atoms with van der Waals surface area (Å²) in [6.07, 6.45) is 2.81. The molecule has 0 aromatic heterocycles. The molecule has 1 aliphatic heterocycles. The SMILES string of the molecule is O=C(NCc1ccc(S(=O)(=O)N2CCCCC2)cc1)[C@H](Cc1ccccc1)NS(=O)(=O)c1ccc(F)cc1.